The first-order valence-corrected chi connectivity index (χ1v) is 8.21. The zero-order valence-electron chi connectivity index (χ0n) is 14.2. The molecule has 0 amide bonds. The molecule has 0 saturated carbocycles. The Balaban J connectivity index is 1.81. The minimum Gasteiger partial charge on any atom is -0.388 e. The second-order valence-electron chi connectivity index (χ2n) is 5.81. The van der Waals surface area contributed by atoms with E-state index in [0.29, 0.717) is 17.6 Å². The summed E-state index contributed by atoms with van der Waals surface area (Å²) in [6, 6.07) is 2.00. The maximum absolute atomic E-state index is 10.5. The van der Waals surface area contributed by atoms with Crippen LogP contribution in [0.1, 0.15) is 31.7 Å². The van der Waals surface area contributed by atoms with Gasteiger partial charge in [0.25, 0.3) is 0 Å². The standard InChI is InChI=1S/C16H21N5O4/c1-3-11-13(22)14(24-9-23-6-4-5-17)16(25-11)21-8-20-12-10(2)18-7-19-15(12)21/h7-8,11,13-14,16,22H,3-4,6,9H2,1-2H3/t11-,13+,14?,16-/m1/s1. The van der Waals surface area contributed by atoms with Crippen molar-refractivity contribution in [2.24, 2.45) is 0 Å². The van der Waals surface area contributed by atoms with Crippen molar-refractivity contribution in [3.05, 3.63) is 18.3 Å². The van der Waals surface area contributed by atoms with Gasteiger partial charge in [-0.05, 0) is 13.3 Å². The molecule has 9 nitrogen and oxygen atoms in total. The van der Waals surface area contributed by atoms with Gasteiger partial charge in [-0.3, -0.25) is 4.57 Å². The zero-order valence-corrected chi connectivity index (χ0v) is 14.2. The summed E-state index contributed by atoms with van der Waals surface area (Å²) in [5.41, 5.74) is 2.08. The number of ether oxygens (including phenoxy) is 3. The van der Waals surface area contributed by atoms with E-state index in [1.807, 2.05) is 19.9 Å². The van der Waals surface area contributed by atoms with Crippen molar-refractivity contribution in [1.82, 2.24) is 19.5 Å². The highest BCUT2D eigenvalue weighted by molar-refractivity contribution is 5.72. The maximum Gasteiger partial charge on any atom is 0.166 e. The monoisotopic (exact) mass is 347 g/mol. The number of aliphatic hydroxyl groups is 1. The maximum atomic E-state index is 10.5. The van der Waals surface area contributed by atoms with Crippen LogP contribution in [0.3, 0.4) is 0 Å². The fourth-order valence-corrected chi connectivity index (χ4v) is 2.92. The van der Waals surface area contributed by atoms with E-state index in [9.17, 15) is 5.11 Å². The number of aryl methyl sites for hydroxylation is 1. The van der Waals surface area contributed by atoms with Gasteiger partial charge in [-0.25, -0.2) is 15.0 Å². The van der Waals surface area contributed by atoms with Crippen LogP contribution in [0.25, 0.3) is 11.2 Å². The topological polar surface area (TPSA) is 115 Å². The lowest BCUT2D eigenvalue weighted by atomic mass is 10.1. The Bertz CT molecular complexity index is 759. The molecule has 1 aliphatic rings. The average molecular weight is 347 g/mol. The third-order valence-corrected chi connectivity index (χ3v) is 4.23. The third-order valence-electron chi connectivity index (χ3n) is 4.23. The highest BCUT2D eigenvalue weighted by atomic mass is 16.7. The van der Waals surface area contributed by atoms with Crippen molar-refractivity contribution in [2.75, 3.05) is 13.4 Å². The lowest BCUT2D eigenvalue weighted by Gasteiger charge is -2.21. The van der Waals surface area contributed by atoms with E-state index in [-0.39, 0.29) is 25.9 Å². The molecule has 2 aromatic heterocycles. The van der Waals surface area contributed by atoms with E-state index in [2.05, 4.69) is 15.0 Å². The fourth-order valence-electron chi connectivity index (χ4n) is 2.92. The van der Waals surface area contributed by atoms with Gasteiger partial charge in [0, 0.05) is 0 Å². The molecule has 0 aliphatic carbocycles. The first-order chi connectivity index (χ1) is 12.2. The van der Waals surface area contributed by atoms with E-state index < -0.39 is 18.4 Å². The highest BCUT2D eigenvalue weighted by Crippen LogP contribution is 2.34. The normalized spacial score (nSPS) is 26.2. The van der Waals surface area contributed by atoms with Crippen LogP contribution in [-0.4, -0.2) is 56.3 Å². The van der Waals surface area contributed by atoms with Gasteiger partial charge in [-0.15, -0.1) is 0 Å². The number of aromatic nitrogens is 4. The Labute approximate surface area is 145 Å². The van der Waals surface area contributed by atoms with Gasteiger partial charge < -0.3 is 19.3 Å². The predicted octanol–water partition coefficient (Wildman–Crippen LogP) is 1.08. The molecule has 3 heterocycles. The molecular formula is C16H21N5O4. The van der Waals surface area contributed by atoms with E-state index in [1.165, 1.54) is 6.33 Å². The van der Waals surface area contributed by atoms with E-state index >= 15 is 0 Å². The first kappa shape index (κ1) is 17.7. The molecule has 1 unspecified atom stereocenters. The van der Waals surface area contributed by atoms with Gasteiger partial charge in [0.15, 0.2) is 11.9 Å². The van der Waals surface area contributed by atoms with Crippen LogP contribution in [0.5, 0.6) is 0 Å². The van der Waals surface area contributed by atoms with E-state index in [4.69, 9.17) is 19.5 Å². The molecule has 25 heavy (non-hydrogen) atoms. The predicted molar refractivity (Wildman–Crippen MR) is 86.2 cm³/mol. The smallest absolute Gasteiger partial charge is 0.166 e. The van der Waals surface area contributed by atoms with Gasteiger partial charge in [-0.2, -0.15) is 5.26 Å². The Kier molecular flexibility index (Phi) is 5.55. The molecular weight excluding hydrogens is 326 g/mol. The van der Waals surface area contributed by atoms with Gasteiger partial charge in [0.2, 0.25) is 0 Å². The highest BCUT2D eigenvalue weighted by Gasteiger charge is 2.45. The average Bonchev–Trinajstić information content (AvgIpc) is 3.17. The van der Waals surface area contributed by atoms with Crippen LogP contribution >= 0.6 is 0 Å². The molecule has 1 aliphatic heterocycles. The molecule has 134 valence electrons. The van der Waals surface area contributed by atoms with Crippen molar-refractivity contribution in [2.45, 2.75) is 51.2 Å². The number of hydrogen-bond acceptors (Lipinski definition) is 8. The molecule has 0 aromatic carbocycles. The summed E-state index contributed by atoms with van der Waals surface area (Å²) in [5, 5.41) is 19.0. The largest absolute Gasteiger partial charge is 0.388 e. The van der Waals surface area contributed by atoms with Crippen LogP contribution in [0.2, 0.25) is 0 Å². The molecule has 1 N–H and O–H groups in total. The molecule has 0 bridgehead atoms. The molecule has 4 atom stereocenters. The number of hydrogen-bond donors (Lipinski definition) is 1. The zero-order chi connectivity index (χ0) is 17.8. The molecule has 2 aromatic rings. The molecule has 1 fully saturated rings. The Morgan fingerprint density at radius 2 is 2.24 bits per heavy atom. The number of nitriles is 1. The lowest BCUT2D eigenvalue weighted by Crippen LogP contribution is -2.34. The summed E-state index contributed by atoms with van der Waals surface area (Å²) in [4.78, 5) is 12.8. The molecule has 9 heteroatoms. The Morgan fingerprint density at radius 1 is 1.40 bits per heavy atom. The first-order valence-electron chi connectivity index (χ1n) is 8.21. The van der Waals surface area contributed by atoms with Crippen molar-refractivity contribution in [3.63, 3.8) is 0 Å². The van der Waals surface area contributed by atoms with Crippen LogP contribution in [-0.2, 0) is 14.2 Å². The van der Waals surface area contributed by atoms with Gasteiger partial charge in [0.1, 0.15) is 30.8 Å². The number of imidazole rings is 1. The number of rotatable bonds is 7. The van der Waals surface area contributed by atoms with E-state index in [0.717, 1.165) is 5.69 Å². The second kappa shape index (κ2) is 7.84. The number of fused-ring (bicyclic) bond motifs is 1. The van der Waals surface area contributed by atoms with Crippen molar-refractivity contribution in [1.29, 1.82) is 5.26 Å². The summed E-state index contributed by atoms with van der Waals surface area (Å²) < 4.78 is 18.7. The van der Waals surface area contributed by atoms with Crippen LogP contribution < -0.4 is 0 Å². The molecule has 0 spiro atoms. The Morgan fingerprint density at radius 3 is 3.00 bits per heavy atom. The van der Waals surface area contributed by atoms with Crippen molar-refractivity contribution >= 4 is 11.2 Å². The number of aliphatic hydroxyl groups excluding tert-OH is 1. The summed E-state index contributed by atoms with van der Waals surface area (Å²) in [5.74, 6) is 0. The second-order valence-corrected chi connectivity index (χ2v) is 5.81. The van der Waals surface area contributed by atoms with Gasteiger partial charge in [-0.1, -0.05) is 6.92 Å². The summed E-state index contributed by atoms with van der Waals surface area (Å²) in [7, 11) is 0. The third kappa shape index (κ3) is 3.48. The van der Waals surface area contributed by atoms with Gasteiger partial charge >= 0.3 is 0 Å². The minimum absolute atomic E-state index is 0.0274. The molecule has 0 radical (unpaired) electrons. The van der Waals surface area contributed by atoms with Crippen LogP contribution in [0, 0.1) is 18.3 Å². The van der Waals surface area contributed by atoms with Gasteiger partial charge in [0.05, 0.1) is 37.2 Å². The number of nitrogens with zero attached hydrogens (tertiary/aromatic N) is 5. The van der Waals surface area contributed by atoms with E-state index in [1.54, 1.807) is 10.9 Å². The quantitative estimate of drug-likeness (QED) is 0.584. The van der Waals surface area contributed by atoms with Crippen LogP contribution in [0.15, 0.2) is 12.7 Å². The van der Waals surface area contributed by atoms with Crippen molar-refractivity contribution in [3.8, 4) is 6.07 Å². The minimum atomic E-state index is -0.796. The van der Waals surface area contributed by atoms with Crippen molar-refractivity contribution < 1.29 is 19.3 Å². The molecule has 1 saturated heterocycles. The Hall–Kier alpha value is -2.12. The fraction of sp³-hybridized carbons (Fsp3) is 0.625. The lowest BCUT2D eigenvalue weighted by molar-refractivity contribution is -0.137. The molecule has 3 rings (SSSR count). The summed E-state index contributed by atoms with van der Waals surface area (Å²) >= 11 is 0. The SMILES string of the molecule is CC[C@H]1O[C@@H](n2cnc3c(C)ncnc32)C(OCOCCC#N)[C@H]1O. The summed E-state index contributed by atoms with van der Waals surface area (Å²) in [6.07, 6.45) is 1.68. The summed E-state index contributed by atoms with van der Waals surface area (Å²) in [6.45, 7) is 4.05. The van der Waals surface area contributed by atoms with Crippen LogP contribution in [0.4, 0.5) is 0 Å².